The normalized spacial score (nSPS) is 11.0. The van der Waals surface area contributed by atoms with Crippen LogP contribution in [-0.2, 0) is 4.79 Å². The summed E-state index contributed by atoms with van der Waals surface area (Å²) in [7, 11) is 0. The summed E-state index contributed by atoms with van der Waals surface area (Å²) in [6.07, 6.45) is 2.92. The fourth-order valence-electron chi connectivity index (χ4n) is 0.571. The van der Waals surface area contributed by atoms with E-state index in [0.717, 1.165) is 0 Å². The number of hydrogen-bond donors (Lipinski definition) is 0. The van der Waals surface area contributed by atoms with E-state index in [1.165, 1.54) is 24.5 Å². The molecule has 1 rings (SSSR count). The Hall–Kier alpha value is -0.510. The number of pyridine rings is 1. The minimum absolute atomic E-state index is 0.284. The van der Waals surface area contributed by atoms with E-state index < -0.39 is 9.76 Å². The van der Waals surface area contributed by atoms with Gasteiger partial charge in [0.2, 0.25) is 0 Å². The highest BCUT2D eigenvalue weighted by molar-refractivity contribution is 6.75. The molecule has 1 aromatic rings. The van der Waals surface area contributed by atoms with Crippen LogP contribution in [0.3, 0.4) is 0 Å². The van der Waals surface area contributed by atoms with Crippen LogP contribution in [0.5, 0.6) is 5.75 Å². The maximum absolute atomic E-state index is 11.0. The first kappa shape index (κ1) is 10.6. The van der Waals surface area contributed by atoms with Gasteiger partial charge < -0.3 is 4.74 Å². The smallest absolute Gasteiger partial charge is 0.363 e. The zero-order chi connectivity index (χ0) is 9.90. The van der Waals surface area contributed by atoms with Gasteiger partial charge in [-0.3, -0.25) is 4.98 Å². The van der Waals surface area contributed by atoms with Crippen LogP contribution in [0.15, 0.2) is 24.5 Å². The minimum Gasteiger partial charge on any atom is -0.423 e. The van der Waals surface area contributed by atoms with Gasteiger partial charge in [0.15, 0.2) is 0 Å². The summed E-state index contributed by atoms with van der Waals surface area (Å²) in [5.41, 5.74) is 0. The van der Waals surface area contributed by atoms with Crippen LogP contribution in [0.2, 0.25) is 0 Å². The Morgan fingerprint density at radius 3 is 2.31 bits per heavy atom. The predicted molar refractivity (Wildman–Crippen MR) is 50.2 cm³/mol. The van der Waals surface area contributed by atoms with E-state index in [1.54, 1.807) is 0 Å². The first-order chi connectivity index (χ1) is 6.00. The SMILES string of the molecule is O=C(Oc1ccncc1)C(Cl)(Cl)Cl. The average Bonchev–Trinajstić information content (AvgIpc) is 2.04. The molecule has 0 fully saturated rings. The highest BCUT2D eigenvalue weighted by Crippen LogP contribution is 2.28. The number of ether oxygens (including phenoxy) is 1. The monoisotopic (exact) mass is 239 g/mol. The number of aromatic nitrogens is 1. The van der Waals surface area contributed by atoms with E-state index in [1.807, 2.05) is 0 Å². The third-order valence-corrected chi connectivity index (χ3v) is 1.55. The van der Waals surface area contributed by atoms with Crippen molar-refractivity contribution in [3.63, 3.8) is 0 Å². The lowest BCUT2D eigenvalue weighted by Crippen LogP contribution is -2.24. The van der Waals surface area contributed by atoms with Crippen LogP contribution in [0, 0.1) is 0 Å². The zero-order valence-electron chi connectivity index (χ0n) is 6.21. The molecule has 0 saturated carbocycles. The second-order valence-corrected chi connectivity index (χ2v) is 4.35. The fraction of sp³-hybridized carbons (Fsp3) is 0.143. The van der Waals surface area contributed by atoms with E-state index in [4.69, 9.17) is 39.5 Å². The summed E-state index contributed by atoms with van der Waals surface area (Å²) < 4.78 is 2.65. The number of alkyl halides is 3. The topological polar surface area (TPSA) is 39.2 Å². The lowest BCUT2D eigenvalue weighted by Gasteiger charge is -2.09. The molecule has 0 atom stereocenters. The van der Waals surface area contributed by atoms with Crippen LogP contribution >= 0.6 is 34.8 Å². The number of carbonyl (C=O) groups is 1. The molecule has 0 spiro atoms. The lowest BCUT2D eigenvalue weighted by atomic mass is 10.4. The first-order valence-electron chi connectivity index (χ1n) is 3.19. The van der Waals surface area contributed by atoms with Gasteiger partial charge in [-0.2, -0.15) is 0 Å². The fourth-order valence-corrected chi connectivity index (χ4v) is 0.687. The van der Waals surface area contributed by atoms with E-state index in [0.29, 0.717) is 0 Å². The molecule has 0 radical (unpaired) electrons. The molecule has 13 heavy (non-hydrogen) atoms. The highest BCUT2D eigenvalue weighted by Gasteiger charge is 2.33. The third-order valence-electron chi connectivity index (χ3n) is 1.09. The largest absolute Gasteiger partial charge is 0.423 e. The van der Waals surface area contributed by atoms with E-state index in [9.17, 15) is 4.79 Å². The Kier molecular flexibility index (Phi) is 3.36. The van der Waals surface area contributed by atoms with Gasteiger partial charge in [0.05, 0.1) is 0 Å². The second-order valence-electron chi connectivity index (χ2n) is 2.07. The zero-order valence-corrected chi connectivity index (χ0v) is 8.47. The van der Waals surface area contributed by atoms with Gasteiger partial charge in [0.1, 0.15) is 5.75 Å². The van der Waals surface area contributed by atoms with Crippen molar-refractivity contribution >= 4 is 40.8 Å². The van der Waals surface area contributed by atoms with Crippen molar-refractivity contribution in [3.8, 4) is 5.75 Å². The molecule has 6 heteroatoms. The highest BCUT2D eigenvalue weighted by atomic mass is 35.6. The van der Waals surface area contributed by atoms with Crippen molar-refractivity contribution in [1.29, 1.82) is 0 Å². The van der Waals surface area contributed by atoms with Crippen molar-refractivity contribution in [2.24, 2.45) is 0 Å². The van der Waals surface area contributed by atoms with Crippen molar-refractivity contribution in [3.05, 3.63) is 24.5 Å². The van der Waals surface area contributed by atoms with Gasteiger partial charge in [0.25, 0.3) is 3.79 Å². The molecule has 0 aliphatic carbocycles. The number of carbonyl (C=O) groups excluding carboxylic acids is 1. The van der Waals surface area contributed by atoms with Crippen LogP contribution in [0.25, 0.3) is 0 Å². The molecule has 70 valence electrons. The molecule has 0 N–H and O–H groups in total. The number of hydrogen-bond acceptors (Lipinski definition) is 3. The second kappa shape index (κ2) is 4.13. The third kappa shape index (κ3) is 3.38. The van der Waals surface area contributed by atoms with Gasteiger partial charge in [-0.05, 0) is 12.1 Å². The molecule has 0 amide bonds. The molecule has 0 unspecified atom stereocenters. The van der Waals surface area contributed by atoms with Crippen LogP contribution in [0.4, 0.5) is 0 Å². The lowest BCUT2D eigenvalue weighted by molar-refractivity contribution is -0.133. The Bertz CT molecular complexity index is 296. The van der Waals surface area contributed by atoms with E-state index >= 15 is 0 Å². The number of nitrogens with zero attached hydrogens (tertiary/aromatic N) is 1. The van der Waals surface area contributed by atoms with Crippen molar-refractivity contribution in [1.82, 2.24) is 4.98 Å². The number of halogens is 3. The molecule has 0 saturated heterocycles. The molecular formula is C7H4Cl3NO2. The quantitative estimate of drug-likeness (QED) is 0.559. The summed E-state index contributed by atoms with van der Waals surface area (Å²) in [5, 5.41) is 0. The predicted octanol–water partition coefficient (Wildman–Crippen LogP) is 2.36. The van der Waals surface area contributed by atoms with Gasteiger partial charge in [-0.1, -0.05) is 34.8 Å². The van der Waals surface area contributed by atoms with Crippen LogP contribution < -0.4 is 4.74 Å². The van der Waals surface area contributed by atoms with E-state index in [2.05, 4.69) is 4.98 Å². The Morgan fingerprint density at radius 2 is 1.85 bits per heavy atom. The summed E-state index contributed by atoms with van der Waals surface area (Å²) in [5.74, 6) is -0.657. The van der Waals surface area contributed by atoms with Crippen LogP contribution in [-0.4, -0.2) is 14.7 Å². The maximum atomic E-state index is 11.0. The number of rotatable bonds is 1. The maximum Gasteiger partial charge on any atom is 0.363 e. The average molecular weight is 240 g/mol. The van der Waals surface area contributed by atoms with Gasteiger partial charge >= 0.3 is 5.97 Å². The summed E-state index contributed by atoms with van der Waals surface area (Å²) in [6, 6.07) is 2.96. The molecule has 1 heterocycles. The number of esters is 1. The molecule has 3 nitrogen and oxygen atoms in total. The molecular weight excluding hydrogens is 236 g/mol. The molecule has 0 bridgehead atoms. The Morgan fingerprint density at radius 1 is 1.31 bits per heavy atom. The van der Waals surface area contributed by atoms with Crippen molar-refractivity contribution in [2.75, 3.05) is 0 Å². The Labute approximate surface area is 89.6 Å². The standard InChI is InChI=1S/C7H4Cl3NO2/c8-7(9,10)6(12)13-5-1-3-11-4-2-5/h1-4H. The first-order valence-corrected chi connectivity index (χ1v) is 4.32. The van der Waals surface area contributed by atoms with Gasteiger partial charge in [-0.15, -0.1) is 0 Å². The van der Waals surface area contributed by atoms with E-state index in [-0.39, 0.29) is 5.75 Å². The van der Waals surface area contributed by atoms with Crippen molar-refractivity contribution in [2.45, 2.75) is 3.79 Å². The van der Waals surface area contributed by atoms with Crippen LogP contribution in [0.1, 0.15) is 0 Å². The molecule has 0 aromatic carbocycles. The molecule has 0 aliphatic rings. The minimum atomic E-state index is -2.05. The summed E-state index contributed by atoms with van der Waals surface area (Å²) in [4.78, 5) is 14.7. The molecule has 1 aromatic heterocycles. The van der Waals surface area contributed by atoms with Gasteiger partial charge in [0, 0.05) is 12.4 Å². The molecule has 0 aliphatic heterocycles. The van der Waals surface area contributed by atoms with Crippen molar-refractivity contribution < 1.29 is 9.53 Å². The summed E-state index contributed by atoms with van der Waals surface area (Å²) in [6.45, 7) is 0. The summed E-state index contributed by atoms with van der Waals surface area (Å²) >= 11 is 15.8. The van der Waals surface area contributed by atoms with Gasteiger partial charge in [-0.25, -0.2) is 4.79 Å². The Balaban J connectivity index is 2.66.